The Labute approximate surface area is 197 Å². The maximum atomic E-state index is 12.9. The first-order valence-corrected chi connectivity index (χ1v) is 11.3. The van der Waals surface area contributed by atoms with Crippen LogP contribution >= 0.6 is 11.6 Å². The molecule has 1 aliphatic heterocycles. The summed E-state index contributed by atoms with van der Waals surface area (Å²) in [5, 5.41) is 4.05. The molecule has 0 bridgehead atoms. The number of ether oxygens (including phenoxy) is 1. The van der Waals surface area contributed by atoms with Crippen LogP contribution in [0, 0.1) is 0 Å². The van der Waals surface area contributed by atoms with Crippen LogP contribution in [0.3, 0.4) is 0 Å². The van der Waals surface area contributed by atoms with Gasteiger partial charge in [-0.25, -0.2) is 9.78 Å². The molecule has 1 saturated heterocycles. The second kappa shape index (κ2) is 9.41. The molecule has 174 valence electrons. The number of carbonyl (C=O) groups is 1. The number of methoxy groups -OCH3 is 1. The fourth-order valence-corrected chi connectivity index (χ4v) is 4.50. The highest BCUT2D eigenvalue weighted by Gasteiger charge is 2.31. The molecule has 0 spiro atoms. The number of nitrogens with one attached hydrogen (secondary N) is 1. The van der Waals surface area contributed by atoms with Gasteiger partial charge < -0.3 is 15.0 Å². The number of aromatic nitrogens is 2. The number of carbonyl (C=O) groups excluding carboxylic acids is 1. The molecule has 1 fully saturated rings. The van der Waals surface area contributed by atoms with Crippen molar-refractivity contribution in [2.24, 2.45) is 7.05 Å². The van der Waals surface area contributed by atoms with E-state index in [4.69, 9.17) is 21.3 Å². The molecule has 2 atom stereocenters. The van der Waals surface area contributed by atoms with Crippen molar-refractivity contribution in [2.45, 2.75) is 25.9 Å². The lowest BCUT2D eigenvalue weighted by molar-refractivity contribution is 0.0796. The number of fused-ring (bicyclic) bond motifs is 1. The molecule has 9 heteroatoms. The van der Waals surface area contributed by atoms with E-state index in [0.717, 1.165) is 0 Å². The van der Waals surface area contributed by atoms with Crippen LogP contribution in [0.2, 0.25) is 5.02 Å². The van der Waals surface area contributed by atoms with Crippen molar-refractivity contribution in [3.63, 3.8) is 0 Å². The highest BCUT2D eigenvalue weighted by atomic mass is 35.5. The summed E-state index contributed by atoms with van der Waals surface area (Å²) in [5.41, 5.74) is 1.19. The zero-order valence-electron chi connectivity index (χ0n) is 19.2. The summed E-state index contributed by atoms with van der Waals surface area (Å²) in [4.78, 5) is 34.6. The van der Waals surface area contributed by atoms with Crippen LogP contribution in [0.25, 0.3) is 10.9 Å². The van der Waals surface area contributed by atoms with Crippen LogP contribution in [0.15, 0.2) is 47.3 Å². The third kappa shape index (κ3) is 4.67. The number of amides is 2. The quantitative estimate of drug-likeness (QED) is 0.627. The van der Waals surface area contributed by atoms with Gasteiger partial charge in [-0.1, -0.05) is 17.7 Å². The number of nitrogens with zero attached hydrogens (tertiary/aromatic N) is 4. The van der Waals surface area contributed by atoms with E-state index in [0.29, 0.717) is 52.8 Å². The van der Waals surface area contributed by atoms with Crippen LogP contribution in [-0.2, 0) is 7.05 Å². The number of hydrogen-bond acceptors (Lipinski definition) is 5. The first kappa shape index (κ1) is 23.1. The Balaban J connectivity index is 1.49. The minimum Gasteiger partial charge on any atom is -0.497 e. The van der Waals surface area contributed by atoms with Gasteiger partial charge in [0.25, 0.3) is 5.56 Å². The molecule has 1 aromatic heterocycles. The van der Waals surface area contributed by atoms with Gasteiger partial charge in [0, 0.05) is 49.5 Å². The van der Waals surface area contributed by atoms with Crippen molar-refractivity contribution in [2.75, 3.05) is 32.1 Å². The molecule has 33 heavy (non-hydrogen) atoms. The topological polar surface area (TPSA) is 79.7 Å². The molecule has 3 aromatic rings. The maximum absolute atomic E-state index is 12.9. The summed E-state index contributed by atoms with van der Waals surface area (Å²) >= 11 is 6.12. The van der Waals surface area contributed by atoms with Gasteiger partial charge in [-0.3, -0.25) is 14.3 Å². The summed E-state index contributed by atoms with van der Waals surface area (Å²) in [6.07, 6.45) is 0. The summed E-state index contributed by atoms with van der Waals surface area (Å²) in [7, 11) is 3.34. The monoisotopic (exact) mass is 469 g/mol. The van der Waals surface area contributed by atoms with E-state index in [2.05, 4.69) is 10.2 Å². The maximum Gasteiger partial charge on any atom is 0.322 e. The van der Waals surface area contributed by atoms with E-state index in [1.54, 1.807) is 43.0 Å². The summed E-state index contributed by atoms with van der Waals surface area (Å²) < 4.78 is 6.83. The zero-order chi connectivity index (χ0) is 23.7. The SMILES string of the molecule is COc1cccc(NC(=O)N2CCN(C(C)c3nc4cc(Cl)ccc4c(=O)n3C)CC2C)c1. The van der Waals surface area contributed by atoms with E-state index in [9.17, 15) is 9.59 Å². The number of piperazine rings is 1. The van der Waals surface area contributed by atoms with Gasteiger partial charge in [-0.15, -0.1) is 0 Å². The van der Waals surface area contributed by atoms with Gasteiger partial charge in [-0.05, 0) is 44.2 Å². The second-order valence-corrected chi connectivity index (χ2v) is 8.81. The highest BCUT2D eigenvalue weighted by Crippen LogP contribution is 2.25. The average Bonchev–Trinajstić information content (AvgIpc) is 2.80. The van der Waals surface area contributed by atoms with Gasteiger partial charge in [0.15, 0.2) is 0 Å². The van der Waals surface area contributed by atoms with Crippen LogP contribution in [-0.4, -0.2) is 58.2 Å². The highest BCUT2D eigenvalue weighted by molar-refractivity contribution is 6.31. The molecule has 0 radical (unpaired) electrons. The molecule has 4 rings (SSSR count). The lowest BCUT2D eigenvalue weighted by Gasteiger charge is -2.42. The molecular weight excluding hydrogens is 442 g/mol. The van der Waals surface area contributed by atoms with E-state index < -0.39 is 0 Å². The standard InChI is InChI=1S/C24H28ClN5O3/c1-15-14-29(10-11-30(15)24(32)26-18-6-5-7-19(13-18)33-4)16(2)22-27-21-12-17(25)8-9-20(21)23(31)28(22)3/h5-9,12-13,15-16H,10-11,14H2,1-4H3,(H,26,32). The molecule has 0 aliphatic carbocycles. The minimum atomic E-state index is -0.145. The zero-order valence-corrected chi connectivity index (χ0v) is 20.0. The third-order valence-corrected chi connectivity index (χ3v) is 6.47. The Morgan fingerprint density at radius 2 is 2.03 bits per heavy atom. The van der Waals surface area contributed by atoms with E-state index in [1.165, 1.54) is 0 Å². The van der Waals surface area contributed by atoms with Gasteiger partial charge in [0.2, 0.25) is 0 Å². The molecule has 0 saturated carbocycles. The first-order valence-electron chi connectivity index (χ1n) is 10.9. The third-order valence-electron chi connectivity index (χ3n) is 6.24. The van der Waals surface area contributed by atoms with Crippen LogP contribution < -0.4 is 15.6 Å². The van der Waals surface area contributed by atoms with Crippen LogP contribution in [0.4, 0.5) is 10.5 Å². The molecule has 2 amide bonds. The van der Waals surface area contributed by atoms with E-state index >= 15 is 0 Å². The number of anilines is 1. The number of benzene rings is 2. The summed E-state index contributed by atoms with van der Waals surface area (Å²) in [6.45, 7) is 5.96. The number of urea groups is 1. The smallest absolute Gasteiger partial charge is 0.322 e. The van der Waals surface area contributed by atoms with Crippen molar-refractivity contribution in [3.05, 3.63) is 63.7 Å². The van der Waals surface area contributed by atoms with Crippen molar-refractivity contribution in [1.29, 1.82) is 0 Å². The number of halogens is 1. The summed E-state index contributed by atoms with van der Waals surface area (Å²) in [5.74, 6) is 1.37. The fourth-order valence-electron chi connectivity index (χ4n) is 4.33. The molecule has 8 nitrogen and oxygen atoms in total. The molecule has 2 unspecified atom stereocenters. The molecule has 1 aliphatic rings. The Hall–Kier alpha value is -3.10. The minimum absolute atomic E-state index is 0.0151. The Kier molecular flexibility index (Phi) is 6.58. The van der Waals surface area contributed by atoms with Crippen LogP contribution in [0.5, 0.6) is 5.75 Å². The van der Waals surface area contributed by atoms with E-state index in [1.807, 2.05) is 36.9 Å². The Morgan fingerprint density at radius 3 is 2.76 bits per heavy atom. The average molecular weight is 470 g/mol. The molecule has 1 N–H and O–H groups in total. The predicted molar refractivity (Wildman–Crippen MR) is 130 cm³/mol. The van der Waals surface area contributed by atoms with Gasteiger partial charge in [0.05, 0.1) is 24.1 Å². The van der Waals surface area contributed by atoms with Gasteiger partial charge >= 0.3 is 6.03 Å². The Bertz CT molecular complexity index is 1240. The molecule has 2 heterocycles. The predicted octanol–water partition coefficient (Wildman–Crippen LogP) is 3.89. The lowest BCUT2D eigenvalue weighted by atomic mass is 10.1. The van der Waals surface area contributed by atoms with E-state index in [-0.39, 0.29) is 23.7 Å². The number of rotatable bonds is 4. The van der Waals surface area contributed by atoms with Crippen molar-refractivity contribution in [3.8, 4) is 5.75 Å². The Morgan fingerprint density at radius 1 is 1.24 bits per heavy atom. The van der Waals surface area contributed by atoms with Crippen molar-refractivity contribution in [1.82, 2.24) is 19.4 Å². The van der Waals surface area contributed by atoms with Crippen molar-refractivity contribution >= 4 is 34.2 Å². The number of hydrogen-bond donors (Lipinski definition) is 1. The first-order chi connectivity index (χ1) is 15.8. The molecular formula is C24H28ClN5O3. The van der Waals surface area contributed by atoms with Crippen molar-refractivity contribution < 1.29 is 9.53 Å². The largest absolute Gasteiger partial charge is 0.497 e. The normalized spacial score (nSPS) is 17.7. The van der Waals surface area contributed by atoms with Gasteiger partial charge in [0.1, 0.15) is 11.6 Å². The second-order valence-electron chi connectivity index (χ2n) is 8.37. The molecule has 2 aromatic carbocycles. The fraction of sp³-hybridized carbons (Fsp3) is 0.375. The van der Waals surface area contributed by atoms with Crippen LogP contribution in [0.1, 0.15) is 25.7 Å². The summed E-state index contributed by atoms with van der Waals surface area (Å²) in [6, 6.07) is 12.2. The van der Waals surface area contributed by atoms with Gasteiger partial charge in [-0.2, -0.15) is 0 Å². The lowest BCUT2D eigenvalue weighted by Crippen LogP contribution is -2.55.